The second-order valence-electron chi connectivity index (χ2n) is 5.67. The Morgan fingerprint density at radius 2 is 1.90 bits per heavy atom. The molecule has 0 aliphatic heterocycles. The number of hydrogen-bond acceptors (Lipinski definition) is 3. The summed E-state index contributed by atoms with van der Waals surface area (Å²) < 4.78 is 12.9. The number of halogens is 1. The van der Waals surface area contributed by atoms with Gasteiger partial charge in [-0.05, 0) is 45.9 Å². The van der Waals surface area contributed by atoms with Crippen LogP contribution in [-0.4, -0.2) is 23.4 Å². The highest BCUT2D eigenvalue weighted by atomic mass is 19.1. The van der Waals surface area contributed by atoms with E-state index in [1.165, 1.54) is 6.07 Å². The third-order valence-corrected chi connectivity index (χ3v) is 2.50. The van der Waals surface area contributed by atoms with Crippen LogP contribution in [0.1, 0.15) is 38.1 Å². The van der Waals surface area contributed by atoms with Crippen LogP contribution in [0.15, 0.2) is 18.2 Å². The Morgan fingerprint density at radius 3 is 2.40 bits per heavy atom. The molecule has 0 bridgehead atoms. The lowest BCUT2D eigenvalue weighted by atomic mass is 10.1. The first-order valence-electron chi connectivity index (χ1n) is 6.28. The second-order valence-corrected chi connectivity index (χ2v) is 5.67. The van der Waals surface area contributed by atoms with Crippen molar-refractivity contribution in [1.29, 1.82) is 0 Å². The maximum absolute atomic E-state index is 12.9. The van der Waals surface area contributed by atoms with Crippen molar-refractivity contribution in [3.05, 3.63) is 29.6 Å². The van der Waals surface area contributed by atoms with Gasteiger partial charge in [0.1, 0.15) is 11.9 Å². The van der Waals surface area contributed by atoms with Crippen LogP contribution in [0.5, 0.6) is 0 Å². The molecule has 110 valence electrons. The Labute approximate surface area is 117 Å². The van der Waals surface area contributed by atoms with Crippen molar-refractivity contribution in [3.8, 4) is 0 Å². The fourth-order valence-corrected chi connectivity index (χ4v) is 1.56. The molecule has 0 saturated heterocycles. The molecule has 0 aromatic heterocycles. The molecule has 6 heteroatoms. The van der Waals surface area contributed by atoms with Crippen molar-refractivity contribution >= 4 is 17.5 Å². The summed E-state index contributed by atoms with van der Waals surface area (Å²) >= 11 is 0. The molecule has 0 aliphatic rings. The normalized spacial score (nSPS) is 12.7. The highest BCUT2D eigenvalue weighted by Crippen LogP contribution is 2.13. The molecule has 0 saturated carbocycles. The molecule has 0 aliphatic carbocycles. The van der Waals surface area contributed by atoms with Gasteiger partial charge in [-0.2, -0.15) is 0 Å². The molecule has 1 aromatic rings. The molecule has 0 heterocycles. The van der Waals surface area contributed by atoms with Crippen molar-refractivity contribution < 1.29 is 14.0 Å². The van der Waals surface area contributed by atoms with Gasteiger partial charge in [-0.15, -0.1) is 0 Å². The number of benzene rings is 1. The average molecular weight is 281 g/mol. The minimum atomic E-state index is -0.717. The van der Waals surface area contributed by atoms with Crippen LogP contribution in [-0.2, 0) is 4.79 Å². The van der Waals surface area contributed by atoms with Crippen molar-refractivity contribution in [2.24, 2.45) is 0 Å². The van der Waals surface area contributed by atoms with E-state index in [0.717, 1.165) is 12.1 Å². The van der Waals surface area contributed by atoms with Gasteiger partial charge in [0.15, 0.2) is 0 Å². The largest absolute Gasteiger partial charge is 0.398 e. The molecular weight excluding hydrogens is 261 g/mol. The zero-order valence-electron chi connectivity index (χ0n) is 12.1. The van der Waals surface area contributed by atoms with E-state index in [4.69, 9.17) is 5.73 Å². The van der Waals surface area contributed by atoms with Gasteiger partial charge < -0.3 is 16.4 Å². The van der Waals surface area contributed by atoms with Gasteiger partial charge in [-0.3, -0.25) is 9.59 Å². The molecule has 1 aromatic carbocycles. The standard InChI is InChI=1S/C14H20FN3O2/c1-8(12(19)18-14(2,3)4)17-13(20)10-6-5-9(15)7-11(10)16/h5-8H,16H2,1-4H3,(H,17,20)(H,18,19). The van der Waals surface area contributed by atoms with E-state index in [0.29, 0.717) is 0 Å². The number of nitrogens with two attached hydrogens (primary N) is 1. The lowest BCUT2D eigenvalue weighted by Crippen LogP contribution is -2.50. The number of carbonyl (C=O) groups excluding carboxylic acids is 2. The Morgan fingerprint density at radius 1 is 1.30 bits per heavy atom. The molecule has 1 unspecified atom stereocenters. The summed E-state index contributed by atoms with van der Waals surface area (Å²) in [6.45, 7) is 7.10. The molecule has 20 heavy (non-hydrogen) atoms. The lowest BCUT2D eigenvalue weighted by molar-refractivity contribution is -0.124. The minimum Gasteiger partial charge on any atom is -0.398 e. The summed E-state index contributed by atoms with van der Waals surface area (Å²) in [5.41, 5.74) is 5.36. The smallest absolute Gasteiger partial charge is 0.254 e. The van der Waals surface area contributed by atoms with E-state index in [1.807, 2.05) is 20.8 Å². The van der Waals surface area contributed by atoms with Crippen molar-refractivity contribution in [1.82, 2.24) is 10.6 Å². The van der Waals surface area contributed by atoms with Crippen LogP contribution in [0.25, 0.3) is 0 Å². The van der Waals surface area contributed by atoms with Gasteiger partial charge in [0, 0.05) is 11.2 Å². The minimum absolute atomic E-state index is 0.0333. The van der Waals surface area contributed by atoms with Crippen LogP contribution in [0.2, 0.25) is 0 Å². The summed E-state index contributed by atoms with van der Waals surface area (Å²) in [6, 6.07) is 2.78. The monoisotopic (exact) mass is 281 g/mol. The van der Waals surface area contributed by atoms with Gasteiger partial charge in [-0.25, -0.2) is 4.39 Å². The topological polar surface area (TPSA) is 84.2 Å². The summed E-state index contributed by atoms with van der Waals surface area (Å²) in [5, 5.41) is 5.28. The highest BCUT2D eigenvalue weighted by molar-refractivity contribution is 6.01. The van der Waals surface area contributed by atoms with Gasteiger partial charge in [-0.1, -0.05) is 0 Å². The number of amides is 2. The van der Waals surface area contributed by atoms with Crippen molar-refractivity contribution in [2.75, 3.05) is 5.73 Å². The second kappa shape index (κ2) is 5.90. The quantitative estimate of drug-likeness (QED) is 0.733. The molecule has 1 rings (SSSR count). The van der Waals surface area contributed by atoms with Gasteiger partial charge >= 0.3 is 0 Å². The van der Waals surface area contributed by atoms with Crippen molar-refractivity contribution in [3.63, 3.8) is 0 Å². The fourth-order valence-electron chi connectivity index (χ4n) is 1.56. The van der Waals surface area contributed by atoms with Gasteiger partial charge in [0.2, 0.25) is 5.91 Å². The molecule has 2 amide bonds. The van der Waals surface area contributed by atoms with E-state index in [-0.39, 0.29) is 22.7 Å². The number of nitrogen functional groups attached to an aromatic ring is 1. The summed E-state index contributed by atoms with van der Waals surface area (Å²) in [4.78, 5) is 23.8. The third kappa shape index (κ3) is 4.53. The van der Waals surface area contributed by atoms with Gasteiger partial charge in [0.05, 0.1) is 5.56 Å². The predicted molar refractivity (Wildman–Crippen MR) is 75.6 cm³/mol. The van der Waals surface area contributed by atoms with Crippen molar-refractivity contribution in [2.45, 2.75) is 39.3 Å². The molecular formula is C14H20FN3O2. The maximum Gasteiger partial charge on any atom is 0.254 e. The molecule has 4 N–H and O–H groups in total. The Bertz CT molecular complexity index is 524. The number of carbonyl (C=O) groups is 2. The maximum atomic E-state index is 12.9. The Balaban J connectivity index is 2.73. The molecule has 0 spiro atoms. The number of nitrogens with one attached hydrogen (secondary N) is 2. The first-order chi connectivity index (χ1) is 9.10. The van der Waals surface area contributed by atoms with Crippen LogP contribution in [0, 0.1) is 5.82 Å². The third-order valence-electron chi connectivity index (χ3n) is 2.50. The van der Waals surface area contributed by atoms with E-state index in [2.05, 4.69) is 10.6 Å². The highest BCUT2D eigenvalue weighted by Gasteiger charge is 2.21. The lowest BCUT2D eigenvalue weighted by Gasteiger charge is -2.23. The summed E-state index contributed by atoms with van der Waals surface area (Å²) in [5.74, 6) is -1.33. The number of anilines is 1. The van der Waals surface area contributed by atoms with E-state index in [1.54, 1.807) is 6.92 Å². The molecule has 0 fully saturated rings. The number of hydrogen-bond donors (Lipinski definition) is 3. The SMILES string of the molecule is CC(NC(=O)c1ccc(F)cc1N)C(=O)NC(C)(C)C. The fraction of sp³-hybridized carbons (Fsp3) is 0.429. The first-order valence-corrected chi connectivity index (χ1v) is 6.28. The predicted octanol–water partition coefficient (Wildman–Crippen LogP) is 1.44. The summed E-state index contributed by atoms with van der Waals surface area (Å²) in [7, 11) is 0. The number of rotatable bonds is 3. The summed E-state index contributed by atoms with van der Waals surface area (Å²) in [6.07, 6.45) is 0. The molecule has 0 radical (unpaired) electrons. The molecule has 5 nitrogen and oxygen atoms in total. The Kier molecular flexibility index (Phi) is 4.70. The molecule has 1 atom stereocenters. The van der Waals surface area contributed by atoms with Gasteiger partial charge in [0.25, 0.3) is 5.91 Å². The van der Waals surface area contributed by atoms with E-state index in [9.17, 15) is 14.0 Å². The Hall–Kier alpha value is -2.11. The average Bonchev–Trinajstić information content (AvgIpc) is 2.26. The first kappa shape index (κ1) is 15.9. The van der Waals surface area contributed by atoms with E-state index >= 15 is 0 Å². The van der Waals surface area contributed by atoms with Crippen LogP contribution in [0.3, 0.4) is 0 Å². The van der Waals surface area contributed by atoms with Crippen LogP contribution < -0.4 is 16.4 Å². The zero-order chi connectivity index (χ0) is 15.5. The van der Waals surface area contributed by atoms with Crippen LogP contribution >= 0.6 is 0 Å². The van der Waals surface area contributed by atoms with Crippen LogP contribution in [0.4, 0.5) is 10.1 Å². The zero-order valence-corrected chi connectivity index (χ0v) is 12.1. The van der Waals surface area contributed by atoms with E-state index < -0.39 is 17.8 Å².